The minimum Gasteiger partial charge on any atom is -0.598 e. The first-order chi connectivity index (χ1) is 13.3. The van der Waals surface area contributed by atoms with E-state index in [9.17, 15) is 22.8 Å². The molecule has 1 unspecified atom stereocenters. The third kappa shape index (κ3) is 4.93. The van der Waals surface area contributed by atoms with Crippen LogP contribution in [0.5, 0.6) is 0 Å². The van der Waals surface area contributed by atoms with Crippen molar-refractivity contribution in [1.82, 2.24) is 9.71 Å². The quantitative estimate of drug-likeness (QED) is 0.463. The number of rotatable bonds is 6. The number of nitrogens with one attached hydrogen (secondary N) is 1. The number of nitrogens with zero attached hydrogens (tertiary/aromatic N) is 3. The molecule has 0 aromatic carbocycles. The minimum absolute atomic E-state index is 0.244. The van der Waals surface area contributed by atoms with E-state index in [1.54, 1.807) is 20.8 Å². The molecule has 0 radical (unpaired) electrons. The molecule has 0 saturated carbocycles. The summed E-state index contributed by atoms with van der Waals surface area (Å²) in [4.78, 5) is 4.08. The van der Waals surface area contributed by atoms with Gasteiger partial charge in [-0.1, -0.05) is 0 Å². The Morgan fingerprint density at radius 1 is 1.48 bits per heavy atom. The van der Waals surface area contributed by atoms with Crippen LogP contribution >= 0.6 is 15.9 Å². The minimum atomic E-state index is -3.31. The summed E-state index contributed by atoms with van der Waals surface area (Å²) in [5.74, 6) is -1.36. The van der Waals surface area contributed by atoms with Crippen molar-refractivity contribution < 1.29 is 17.5 Å². The summed E-state index contributed by atoms with van der Waals surface area (Å²) >= 11 is 1.31. The predicted molar refractivity (Wildman–Crippen MR) is 114 cm³/mol. The second-order valence-electron chi connectivity index (χ2n) is 8.25. The first-order valence-electron chi connectivity index (χ1n) is 9.02. The Morgan fingerprint density at radius 3 is 2.69 bits per heavy atom. The van der Waals surface area contributed by atoms with Gasteiger partial charge in [0, 0.05) is 17.9 Å². The molecule has 2 rings (SSSR count). The van der Waals surface area contributed by atoms with Crippen molar-refractivity contribution in [2.75, 3.05) is 19.0 Å². The molecule has 11 heteroatoms. The van der Waals surface area contributed by atoms with Gasteiger partial charge in [0.1, 0.15) is 37.8 Å². The lowest BCUT2D eigenvalue weighted by molar-refractivity contribution is 0.292. The van der Waals surface area contributed by atoms with Crippen LogP contribution in [0.15, 0.2) is 21.1 Å². The number of hydrogen-bond acceptors (Lipinski definition) is 6. The van der Waals surface area contributed by atoms with Crippen LogP contribution in [-0.4, -0.2) is 42.2 Å². The number of pyridine rings is 1. The highest BCUT2D eigenvalue weighted by atomic mass is 79.9. The Labute approximate surface area is 182 Å². The van der Waals surface area contributed by atoms with Crippen LogP contribution in [0.25, 0.3) is 0 Å². The zero-order chi connectivity index (χ0) is 22.1. The van der Waals surface area contributed by atoms with Crippen LogP contribution in [0, 0.1) is 17.1 Å². The van der Waals surface area contributed by atoms with Gasteiger partial charge in [-0.05, 0) is 68.6 Å². The van der Waals surface area contributed by atoms with Crippen molar-refractivity contribution in [1.29, 1.82) is 5.26 Å². The molecule has 0 amide bonds. The zero-order valence-electron chi connectivity index (χ0n) is 16.8. The first-order valence-corrected chi connectivity index (χ1v) is 12.6. The number of halogens is 3. The smallest absolute Gasteiger partial charge is 0.149 e. The summed E-state index contributed by atoms with van der Waals surface area (Å²) in [5, 5.41) is 9.68. The lowest BCUT2D eigenvalue weighted by Crippen LogP contribution is -2.58. The van der Waals surface area contributed by atoms with Crippen LogP contribution < -0.4 is 4.72 Å². The summed E-state index contributed by atoms with van der Waals surface area (Å²) in [5.41, 5.74) is -2.34. The molecule has 2 heterocycles. The number of alkyl halides is 1. The fraction of sp³-hybridized carbons (Fsp3) is 0.667. The zero-order valence-corrected chi connectivity index (χ0v) is 20.0. The standard InChI is InChI=1S/C18H25BrF2N4O2S2/c1-16(2,3)28(26)25-18(10-20,15-13(21)6-7-14(19)24-15)12-29(27)17(4,11-22)8-5-9-23-29/h6-7,25H,5,8-10,12H2,1-4H3/t17-,18+,28?,29-/m1/s1. The molecule has 0 bridgehead atoms. The first kappa shape index (κ1) is 24.5. The molecule has 1 aliphatic heterocycles. The van der Waals surface area contributed by atoms with Gasteiger partial charge in [0.15, 0.2) is 0 Å². The van der Waals surface area contributed by atoms with Crippen LogP contribution in [0.3, 0.4) is 0 Å². The second kappa shape index (κ2) is 8.75. The lowest BCUT2D eigenvalue weighted by Gasteiger charge is -2.39. The van der Waals surface area contributed by atoms with Gasteiger partial charge in [-0.3, -0.25) is 0 Å². The largest absolute Gasteiger partial charge is 0.598 e. The van der Waals surface area contributed by atoms with Crippen molar-refractivity contribution in [3.05, 3.63) is 28.2 Å². The van der Waals surface area contributed by atoms with Gasteiger partial charge < -0.3 is 4.55 Å². The third-order valence-corrected chi connectivity index (χ3v) is 10.1. The summed E-state index contributed by atoms with van der Waals surface area (Å²) in [7, 11) is -3.31. The van der Waals surface area contributed by atoms with E-state index >= 15 is 0 Å². The molecule has 4 atom stereocenters. The molecule has 162 valence electrons. The molecule has 0 aliphatic carbocycles. The Balaban J connectivity index is 2.70. The molecule has 1 N–H and O–H groups in total. The molecule has 0 saturated heterocycles. The highest BCUT2D eigenvalue weighted by Gasteiger charge is 2.51. The fourth-order valence-electron chi connectivity index (χ4n) is 2.96. The van der Waals surface area contributed by atoms with Crippen molar-refractivity contribution in [3.63, 3.8) is 0 Å². The van der Waals surface area contributed by atoms with Gasteiger partial charge in [0.25, 0.3) is 0 Å². The summed E-state index contributed by atoms with van der Waals surface area (Å²) in [6.07, 6.45) is 0.902. The average Bonchev–Trinajstić information content (AvgIpc) is 2.65. The van der Waals surface area contributed by atoms with Crippen molar-refractivity contribution in [2.24, 2.45) is 4.36 Å². The van der Waals surface area contributed by atoms with Crippen molar-refractivity contribution in [2.45, 2.75) is 55.6 Å². The molecule has 1 aromatic heterocycles. The van der Waals surface area contributed by atoms with E-state index < -0.39 is 54.4 Å². The number of aromatic nitrogens is 1. The van der Waals surface area contributed by atoms with E-state index in [0.29, 0.717) is 12.8 Å². The van der Waals surface area contributed by atoms with Crippen molar-refractivity contribution >= 4 is 37.0 Å². The fourth-order valence-corrected chi connectivity index (χ4v) is 6.92. The summed E-state index contributed by atoms with van der Waals surface area (Å²) in [6, 6.07) is 4.52. The van der Waals surface area contributed by atoms with Crippen LogP contribution in [-0.2, 0) is 26.6 Å². The highest BCUT2D eigenvalue weighted by Crippen LogP contribution is 2.37. The van der Waals surface area contributed by atoms with E-state index in [-0.39, 0.29) is 16.8 Å². The third-order valence-electron chi connectivity index (χ3n) is 4.83. The molecule has 0 fully saturated rings. The Bertz CT molecular complexity index is 927. The lowest BCUT2D eigenvalue weighted by atomic mass is 9.99. The van der Waals surface area contributed by atoms with Crippen molar-refractivity contribution in [3.8, 4) is 6.07 Å². The number of hydrogen-bond donors (Lipinski definition) is 1. The van der Waals surface area contributed by atoms with E-state index in [4.69, 9.17) is 0 Å². The molecular formula is C18H25BrF2N4O2S2. The predicted octanol–water partition coefficient (Wildman–Crippen LogP) is 3.74. The Hall–Kier alpha value is -0.800. The summed E-state index contributed by atoms with van der Waals surface area (Å²) < 4.78 is 61.1. The number of nitriles is 1. The van der Waals surface area contributed by atoms with E-state index in [1.807, 2.05) is 0 Å². The average molecular weight is 511 g/mol. The topological polar surface area (TPSA) is 101 Å². The molecule has 1 aromatic rings. The van der Waals surface area contributed by atoms with E-state index in [0.717, 1.165) is 6.07 Å². The molecule has 6 nitrogen and oxygen atoms in total. The molecular weight excluding hydrogens is 486 g/mol. The highest BCUT2D eigenvalue weighted by molar-refractivity contribution is 9.10. The maximum Gasteiger partial charge on any atom is 0.149 e. The maximum absolute atomic E-state index is 14.8. The van der Waals surface area contributed by atoms with Gasteiger partial charge >= 0.3 is 0 Å². The van der Waals surface area contributed by atoms with Crippen LogP contribution in [0.2, 0.25) is 0 Å². The maximum atomic E-state index is 14.8. The summed E-state index contributed by atoms with van der Waals surface area (Å²) in [6.45, 7) is 5.57. The monoisotopic (exact) mass is 510 g/mol. The normalized spacial score (nSPS) is 28.1. The van der Waals surface area contributed by atoms with Gasteiger partial charge in [0.05, 0.1) is 21.6 Å². The SMILES string of the molecule is CC(C)(C)[S+]([O-])N[C@@](CF)(C[S@]1(=O)=NCCC[C@]1(C)C#N)c1nc(Br)ccc1F. The van der Waals surface area contributed by atoms with Gasteiger partial charge in [-0.25, -0.2) is 22.3 Å². The van der Waals surface area contributed by atoms with E-state index in [2.05, 4.69) is 36.1 Å². The second-order valence-corrected chi connectivity index (χ2v) is 13.8. The Morgan fingerprint density at radius 2 is 2.14 bits per heavy atom. The Kier molecular flexibility index (Phi) is 7.38. The van der Waals surface area contributed by atoms with Gasteiger partial charge in [0.2, 0.25) is 0 Å². The van der Waals surface area contributed by atoms with Crippen LogP contribution in [0.1, 0.15) is 46.2 Å². The van der Waals surface area contributed by atoms with Crippen LogP contribution in [0.4, 0.5) is 8.78 Å². The molecule has 0 spiro atoms. The molecule has 1 aliphatic rings. The van der Waals surface area contributed by atoms with Gasteiger partial charge in [-0.15, -0.1) is 4.72 Å². The van der Waals surface area contributed by atoms with E-state index in [1.165, 1.54) is 13.0 Å². The van der Waals surface area contributed by atoms with Gasteiger partial charge in [-0.2, -0.15) is 5.26 Å². The molecule has 29 heavy (non-hydrogen) atoms.